The molecule has 5 heteroatoms. The molecule has 0 aliphatic heterocycles. The number of nitrogens with two attached hydrogens (primary N) is 1. The minimum absolute atomic E-state index is 0.500. The Hall–Kier alpha value is -2.04. The molecular formula is C17H25N5. The number of rotatable bonds is 4. The van der Waals surface area contributed by atoms with E-state index in [9.17, 15) is 0 Å². The molecule has 0 radical (unpaired) electrons. The molecule has 0 amide bonds. The van der Waals surface area contributed by atoms with Gasteiger partial charge in [-0.2, -0.15) is 0 Å². The fourth-order valence-electron chi connectivity index (χ4n) is 3.15. The van der Waals surface area contributed by atoms with Crippen molar-refractivity contribution in [2.24, 2.45) is 10.7 Å². The third-order valence-corrected chi connectivity index (χ3v) is 4.36. The van der Waals surface area contributed by atoms with Crippen LogP contribution in [0.15, 0.2) is 35.6 Å². The van der Waals surface area contributed by atoms with Crippen LogP contribution in [0.4, 0.5) is 0 Å². The van der Waals surface area contributed by atoms with E-state index >= 15 is 0 Å². The van der Waals surface area contributed by atoms with Gasteiger partial charge in [0.05, 0.1) is 23.9 Å². The average Bonchev–Trinajstić information content (AvgIpc) is 2.76. The number of hydrogen-bond donors (Lipinski definition) is 2. The SMILES string of the molecule is NC(=NCCn1cnc2ccccc21)NC1CCCCCC1. The quantitative estimate of drug-likeness (QED) is 0.518. The van der Waals surface area contributed by atoms with Crippen LogP contribution in [-0.4, -0.2) is 28.1 Å². The molecule has 0 atom stereocenters. The van der Waals surface area contributed by atoms with Crippen molar-refractivity contribution in [3.63, 3.8) is 0 Å². The second kappa shape index (κ2) is 7.29. The fraction of sp³-hybridized carbons (Fsp3) is 0.529. The van der Waals surface area contributed by atoms with E-state index in [-0.39, 0.29) is 0 Å². The standard InChI is InChI=1S/C17H25N5/c18-17(21-14-7-3-1-2-4-8-14)19-11-12-22-13-20-15-9-5-6-10-16(15)22/h5-6,9-10,13-14H,1-4,7-8,11-12H2,(H3,18,19,21). The first-order valence-corrected chi connectivity index (χ1v) is 8.29. The molecule has 1 aromatic carbocycles. The van der Waals surface area contributed by atoms with Crippen LogP contribution in [0.25, 0.3) is 11.0 Å². The number of aliphatic imine (C=N–C) groups is 1. The van der Waals surface area contributed by atoms with Gasteiger partial charge in [-0.3, -0.25) is 4.99 Å². The van der Waals surface area contributed by atoms with Gasteiger partial charge >= 0.3 is 0 Å². The van der Waals surface area contributed by atoms with E-state index < -0.39 is 0 Å². The maximum Gasteiger partial charge on any atom is 0.188 e. The number of fused-ring (bicyclic) bond motifs is 1. The molecule has 3 N–H and O–H groups in total. The molecule has 118 valence electrons. The summed E-state index contributed by atoms with van der Waals surface area (Å²) in [4.78, 5) is 8.85. The molecule has 1 aliphatic rings. The van der Waals surface area contributed by atoms with Crippen LogP contribution in [0.1, 0.15) is 38.5 Å². The Labute approximate surface area is 131 Å². The number of imidazole rings is 1. The summed E-state index contributed by atoms with van der Waals surface area (Å²) in [5.41, 5.74) is 8.19. The summed E-state index contributed by atoms with van der Waals surface area (Å²) in [7, 11) is 0. The highest BCUT2D eigenvalue weighted by Crippen LogP contribution is 2.17. The molecule has 1 aliphatic carbocycles. The minimum atomic E-state index is 0.500. The first kappa shape index (κ1) is 14.9. The number of guanidine groups is 1. The smallest absolute Gasteiger partial charge is 0.188 e. The molecule has 2 aromatic rings. The largest absolute Gasteiger partial charge is 0.370 e. The van der Waals surface area contributed by atoms with E-state index in [4.69, 9.17) is 5.73 Å². The Kier molecular flexibility index (Phi) is 4.93. The molecule has 1 aromatic heterocycles. The van der Waals surface area contributed by atoms with Crippen molar-refractivity contribution in [2.75, 3.05) is 6.54 Å². The van der Waals surface area contributed by atoms with Crippen LogP contribution < -0.4 is 11.1 Å². The van der Waals surface area contributed by atoms with Crippen LogP contribution in [-0.2, 0) is 6.54 Å². The van der Waals surface area contributed by atoms with Crippen molar-refractivity contribution in [2.45, 2.75) is 51.1 Å². The zero-order valence-electron chi connectivity index (χ0n) is 13.0. The molecule has 0 unspecified atom stereocenters. The lowest BCUT2D eigenvalue weighted by molar-refractivity contribution is 0.529. The predicted octanol–water partition coefficient (Wildman–Crippen LogP) is 2.66. The maximum absolute atomic E-state index is 6.02. The van der Waals surface area contributed by atoms with E-state index in [2.05, 4.69) is 25.9 Å². The Morgan fingerprint density at radius 3 is 2.82 bits per heavy atom. The first-order valence-electron chi connectivity index (χ1n) is 8.29. The monoisotopic (exact) mass is 299 g/mol. The van der Waals surface area contributed by atoms with Gasteiger partial charge < -0.3 is 15.6 Å². The molecule has 1 fully saturated rings. The highest BCUT2D eigenvalue weighted by Gasteiger charge is 2.12. The fourth-order valence-corrected chi connectivity index (χ4v) is 3.15. The highest BCUT2D eigenvalue weighted by atomic mass is 15.1. The van der Waals surface area contributed by atoms with Gasteiger partial charge in [-0.1, -0.05) is 37.8 Å². The second-order valence-corrected chi connectivity index (χ2v) is 6.03. The van der Waals surface area contributed by atoms with Gasteiger partial charge in [0.1, 0.15) is 0 Å². The minimum Gasteiger partial charge on any atom is -0.370 e. The van der Waals surface area contributed by atoms with Crippen LogP contribution in [0.2, 0.25) is 0 Å². The van der Waals surface area contributed by atoms with Crippen molar-refractivity contribution in [1.82, 2.24) is 14.9 Å². The van der Waals surface area contributed by atoms with E-state index in [0.29, 0.717) is 18.5 Å². The highest BCUT2D eigenvalue weighted by molar-refractivity contribution is 5.78. The summed E-state index contributed by atoms with van der Waals surface area (Å²) in [6, 6.07) is 8.65. The summed E-state index contributed by atoms with van der Waals surface area (Å²) in [6.45, 7) is 1.47. The van der Waals surface area contributed by atoms with Gasteiger partial charge in [-0.05, 0) is 25.0 Å². The Morgan fingerprint density at radius 2 is 2.00 bits per heavy atom. The summed E-state index contributed by atoms with van der Waals surface area (Å²) < 4.78 is 2.12. The average molecular weight is 299 g/mol. The molecular weight excluding hydrogens is 274 g/mol. The normalized spacial score (nSPS) is 17.5. The molecule has 5 nitrogen and oxygen atoms in total. The van der Waals surface area contributed by atoms with Crippen LogP contribution in [0, 0.1) is 0 Å². The third-order valence-electron chi connectivity index (χ3n) is 4.36. The Balaban J connectivity index is 1.52. The van der Waals surface area contributed by atoms with E-state index in [1.165, 1.54) is 38.5 Å². The topological polar surface area (TPSA) is 68.2 Å². The number of hydrogen-bond acceptors (Lipinski definition) is 2. The van der Waals surface area contributed by atoms with Crippen LogP contribution in [0.3, 0.4) is 0 Å². The van der Waals surface area contributed by atoms with E-state index in [1.54, 1.807) is 0 Å². The summed E-state index contributed by atoms with van der Waals surface area (Å²) in [5, 5.41) is 3.38. The van der Waals surface area contributed by atoms with Crippen molar-refractivity contribution < 1.29 is 0 Å². The first-order chi connectivity index (χ1) is 10.8. The lowest BCUT2D eigenvalue weighted by Crippen LogP contribution is -2.40. The lowest BCUT2D eigenvalue weighted by atomic mass is 10.1. The molecule has 0 bridgehead atoms. The van der Waals surface area contributed by atoms with Crippen LogP contribution in [0.5, 0.6) is 0 Å². The third kappa shape index (κ3) is 3.78. The number of para-hydroxylation sites is 2. The molecule has 1 saturated carbocycles. The number of nitrogens with one attached hydrogen (secondary N) is 1. The van der Waals surface area contributed by atoms with Gasteiger partial charge in [0.15, 0.2) is 5.96 Å². The van der Waals surface area contributed by atoms with Crippen molar-refractivity contribution in [1.29, 1.82) is 0 Å². The maximum atomic E-state index is 6.02. The molecule has 0 spiro atoms. The molecule has 1 heterocycles. The Morgan fingerprint density at radius 1 is 1.23 bits per heavy atom. The van der Waals surface area contributed by atoms with Gasteiger partial charge in [0, 0.05) is 12.6 Å². The Bertz CT molecular complexity index is 623. The summed E-state index contributed by atoms with van der Waals surface area (Å²) >= 11 is 0. The summed E-state index contributed by atoms with van der Waals surface area (Å²) in [5.74, 6) is 0.580. The number of benzene rings is 1. The van der Waals surface area contributed by atoms with Gasteiger partial charge in [-0.15, -0.1) is 0 Å². The van der Waals surface area contributed by atoms with Crippen molar-refractivity contribution in [3.05, 3.63) is 30.6 Å². The van der Waals surface area contributed by atoms with Crippen LogP contribution >= 0.6 is 0 Å². The lowest BCUT2D eigenvalue weighted by Gasteiger charge is -2.16. The zero-order valence-corrected chi connectivity index (χ0v) is 13.0. The zero-order chi connectivity index (χ0) is 15.2. The van der Waals surface area contributed by atoms with Gasteiger partial charge in [-0.25, -0.2) is 4.98 Å². The molecule has 0 saturated heterocycles. The summed E-state index contributed by atoms with van der Waals surface area (Å²) in [6.07, 6.45) is 9.59. The molecule has 3 rings (SSSR count). The second-order valence-electron chi connectivity index (χ2n) is 6.03. The number of aromatic nitrogens is 2. The van der Waals surface area contributed by atoms with Crippen molar-refractivity contribution in [3.8, 4) is 0 Å². The van der Waals surface area contributed by atoms with E-state index in [0.717, 1.165) is 17.6 Å². The molecule has 22 heavy (non-hydrogen) atoms. The predicted molar refractivity (Wildman–Crippen MR) is 90.8 cm³/mol. The van der Waals surface area contributed by atoms with Gasteiger partial charge in [0.2, 0.25) is 0 Å². The van der Waals surface area contributed by atoms with Crippen molar-refractivity contribution >= 4 is 17.0 Å². The van der Waals surface area contributed by atoms with Gasteiger partial charge in [0.25, 0.3) is 0 Å². The van der Waals surface area contributed by atoms with E-state index in [1.807, 2.05) is 24.5 Å². The number of nitrogens with zero attached hydrogens (tertiary/aromatic N) is 3.